The maximum atomic E-state index is 13.4. The molecule has 0 atom stereocenters. The molecule has 0 saturated carbocycles. The number of nitrogens with zero attached hydrogens (tertiary/aromatic N) is 3. The van der Waals surface area contributed by atoms with Gasteiger partial charge in [-0.25, -0.2) is 0 Å². The summed E-state index contributed by atoms with van der Waals surface area (Å²) >= 11 is 5.95. The van der Waals surface area contributed by atoms with Crippen molar-refractivity contribution in [3.63, 3.8) is 0 Å². The predicted octanol–water partition coefficient (Wildman–Crippen LogP) is 2.58. The van der Waals surface area contributed by atoms with Crippen molar-refractivity contribution in [3.05, 3.63) is 41.0 Å². The molecule has 140 valence electrons. The van der Waals surface area contributed by atoms with Gasteiger partial charge in [0.2, 0.25) is 5.89 Å². The van der Waals surface area contributed by atoms with Crippen LogP contribution in [0.1, 0.15) is 31.5 Å². The van der Waals surface area contributed by atoms with Gasteiger partial charge in [0.15, 0.2) is 11.4 Å². The van der Waals surface area contributed by atoms with Gasteiger partial charge in [-0.3, -0.25) is 4.79 Å². The smallest absolute Gasteiger partial charge is 0.267 e. The van der Waals surface area contributed by atoms with E-state index in [1.54, 1.807) is 36.1 Å². The third-order valence-corrected chi connectivity index (χ3v) is 4.75. The van der Waals surface area contributed by atoms with Gasteiger partial charge in [-0.05, 0) is 44.3 Å². The normalized spacial score (nSPS) is 16.3. The second-order valence-corrected chi connectivity index (χ2v) is 6.79. The van der Waals surface area contributed by atoms with E-state index in [1.165, 1.54) is 0 Å². The molecule has 1 aromatic heterocycles. The number of aryl methyl sites for hydroxylation is 1. The lowest BCUT2D eigenvalue weighted by Crippen LogP contribution is -2.57. The zero-order valence-electron chi connectivity index (χ0n) is 15.0. The fraction of sp³-hybridized carbons (Fsp3) is 0.500. The van der Waals surface area contributed by atoms with E-state index < -0.39 is 5.60 Å². The highest BCUT2D eigenvalue weighted by Crippen LogP contribution is 2.30. The van der Waals surface area contributed by atoms with Crippen LogP contribution in [0.2, 0.25) is 5.02 Å². The van der Waals surface area contributed by atoms with Gasteiger partial charge in [-0.2, -0.15) is 4.98 Å². The number of nitrogens with one attached hydrogen (secondary N) is 1. The van der Waals surface area contributed by atoms with Crippen molar-refractivity contribution in [1.82, 2.24) is 20.4 Å². The Bertz CT molecular complexity index is 741. The number of carbonyl (C=O) groups excluding carboxylic acids is 1. The Morgan fingerprint density at radius 3 is 2.62 bits per heavy atom. The molecular weight excluding hydrogens is 356 g/mol. The van der Waals surface area contributed by atoms with Crippen molar-refractivity contribution >= 4 is 17.5 Å². The van der Waals surface area contributed by atoms with Crippen LogP contribution in [0.4, 0.5) is 0 Å². The molecule has 8 heteroatoms. The Balaban J connectivity index is 1.82. The molecule has 0 radical (unpaired) electrons. The molecule has 0 unspecified atom stereocenters. The van der Waals surface area contributed by atoms with Gasteiger partial charge in [-0.15, -0.1) is 0 Å². The minimum absolute atomic E-state index is 0.0566. The second kappa shape index (κ2) is 8.05. The molecule has 0 bridgehead atoms. The van der Waals surface area contributed by atoms with Gasteiger partial charge < -0.3 is 19.5 Å². The first-order valence-electron chi connectivity index (χ1n) is 8.76. The number of likely N-dealkylation sites (N-methyl/N-ethyl adjacent to an activating group) is 1. The van der Waals surface area contributed by atoms with Crippen LogP contribution >= 0.6 is 11.6 Å². The van der Waals surface area contributed by atoms with E-state index in [-0.39, 0.29) is 5.91 Å². The molecule has 3 rings (SSSR count). The number of hydrogen-bond donors (Lipinski definition) is 1. The zero-order chi connectivity index (χ0) is 18.6. The minimum Gasteiger partial charge on any atom is -0.477 e. The van der Waals surface area contributed by atoms with Gasteiger partial charge >= 0.3 is 0 Å². The van der Waals surface area contributed by atoms with Crippen LogP contribution in [0.15, 0.2) is 28.8 Å². The molecular formula is C18H23ClN4O3. The molecule has 0 aliphatic carbocycles. The second-order valence-electron chi connectivity index (χ2n) is 6.35. The number of piperidine rings is 1. The number of aromatic nitrogens is 2. The molecule has 1 aliphatic heterocycles. The third kappa shape index (κ3) is 4.16. The highest BCUT2D eigenvalue weighted by Gasteiger charge is 2.44. The fourth-order valence-corrected chi connectivity index (χ4v) is 3.24. The van der Waals surface area contributed by atoms with Crippen LogP contribution in [0.3, 0.4) is 0 Å². The number of benzene rings is 1. The van der Waals surface area contributed by atoms with Crippen LogP contribution in [0.25, 0.3) is 0 Å². The largest absolute Gasteiger partial charge is 0.477 e. The molecule has 2 aromatic rings. The summed E-state index contributed by atoms with van der Waals surface area (Å²) < 4.78 is 11.2. The Labute approximate surface area is 157 Å². The van der Waals surface area contributed by atoms with E-state index in [0.29, 0.717) is 48.4 Å². The van der Waals surface area contributed by atoms with Gasteiger partial charge in [0.1, 0.15) is 5.75 Å². The maximum Gasteiger partial charge on any atom is 0.267 e. The number of halogens is 1. The monoisotopic (exact) mass is 378 g/mol. The van der Waals surface area contributed by atoms with E-state index in [0.717, 1.165) is 13.1 Å². The van der Waals surface area contributed by atoms with Crippen LogP contribution in [0.5, 0.6) is 5.75 Å². The lowest BCUT2D eigenvalue weighted by Gasteiger charge is -2.39. The number of hydrogen-bond acceptors (Lipinski definition) is 6. The third-order valence-electron chi connectivity index (χ3n) is 4.50. The van der Waals surface area contributed by atoms with Crippen molar-refractivity contribution in [2.75, 3.05) is 19.6 Å². The highest BCUT2D eigenvalue weighted by molar-refractivity contribution is 6.30. The molecule has 1 saturated heterocycles. The predicted molar refractivity (Wildman–Crippen MR) is 97.0 cm³/mol. The summed E-state index contributed by atoms with van der Waals surface area (Å²) in [6, 6.07) is 7.10. The molecule has 26 heavy (non-hydrogen) atoms. The summed E-state index contributed by atoms with van der Waals surface area (Å²) in [7, 11) is 0. The molecule has 1 N–H and O–H groups in total. The molecule has 0 spiro atoms. The van der Waals surface area contributed by atoms with Crippen molar-refractivity contribution in [2.45, 2.75) is 38.8 Å². The van der Waals surface area contributed by atoms with Crippen molar-refractivity contribution in [2.24, 2.45) is 0 Å². The minimum atomic E-state index is -0.909. The SMILES string of the molecule is CCN(Cc1noc(C)n1)C(=O)C1(Oc2ccc(Cl)cc2)CCNCC1. The Morgan fingerprint density at radius 1 is 1.35 bits per heavy atom. The topological polar surface area (TPSA) is 80.5 Å². The van der Waals surface area contributed by atoms with Crippen molar-refractivity contribution < 1.29 is 14.1 Å². The number of amides is 1. The summed E-state index contributed by atoms with van der Waals surface area (Å²) in [5.41, 5.74) is -0.909. The molecule has 1 aliphatic rings. The quantitative estimate of drug-likeness (QED) is 0.832. The summed E-state index contributed by atoms with van der Waals surface area (Å²) in [6.45, 7) is 5.93. The lowest BCUT2D eigenvalue weighted by atomic mass is 9.90. The standard InChI is InChI=1S/C18H23ClN4O3/c1-3-23(12-16-21-13(2)26-22-16)17(24)18(8-10-20-11-9-18)25-15-6-4-14(19)5-7-15/h4-7,20H,3,8-12H2,1-2H3. The molecule has 1 amide bonds. The van der Waals surface area contributed by atoms with Crippen LogP contribution in [0, 0.1) is 6.92 Å². The molecule has 2 heterocycles. The van der Waals surface area contributed by atoms with E-state index >= 15 is 0 Å². The maximum absolute atomic E-state index is 13.4. The summed E-state index contributed by atoms with van der Waals surface area (Å²) in [5.74, 6) is 1.56. The van der Waals surface area contributed by atoms with Crippen LogP contribution < -0.4 is 10.1 Å². The van der Waals surface area contributed by atoms with E-state index in [1.807, 2.05) is 6.92 Å². The summed E-state index contributed by atoms with van der Waals surface area (Å²) in [4.78, 5) is 19.3. The molecule has 1 aromatic carbocycles. The van der Waals surface area contributed by atoms with Crippen molar-refractivity contribution in [3.8, 4) is 5.75 Å². The number of ether oxygens (including phenoxy) is 1. The molecule has 1 fully saturated rings. The first-order valence-corrected chi connectivity index (χ1v) is 9.14. The van der Waals surface area contributed by atoms with Gasteiger partial charge in [0.25, 0.3) is 5.91 Å². The van der Waals surface area contributed by atoms with E-state index in [2.05, 4.69) is 15.5 Å². The molecule has 7 nitrogen and oxygen atoms in total. The van der Waals surface area contributed by atoms with Crippen LogP contribution in [-0.2, 0) is 11.3 Å². The summed E-state index contributed by atoms with van der Waals surface area (Å²) in [5, 5.41) is 7.82. The highest BCUT2D eigenvalue weighted by atomic mass is 35.5. The van der Waals surface area contributed by atoms with Crippen LogP contribution in [-0.4, -0.2) is 46.2 Å². The summed E-state index contributed by atoms with van der Waals surface area (Å²) in [6.07, 6.45) is 1.19. The average Bonchev–Trinajstić information content (AvgIpc) is 3.07. The number of rotatable bonds is 6. The Kier molecular flexibility index (Phi) is 5.78. The van der Waals surface area contributed by atoms with Crippen molar-refractivity contribution in [1.29, 1.82) is 0 Å². The average molecular weight is 379 g/mol. The van der Waals surface area contributed by atoms with Gasteiger partial charge in [0, 0.05) is 31.3 Å². The van der Waals surface area contributed by atoms with Gasteiger partial charge in [-0.1, -0.05) is 16.8 Å². The Hall–Kier alpha value is -2.12. The number of carbonyl (C=O) groups is 1. The van der Waals surface area contributed by atoms with E-state index in [9.17, 15) is 4.79 Å². The lowest BCUT2D eigenvalue weighted by molar-refractivity contribution is -0.151. The Morgan fingerprint density at radius 2 is 2.04 bits per heavy atom. The van der Waals surface area contributed by atoms with Gasteiger partial charge in [0.05, 0.1) is 6.54 Å². The first kappa shape index (κ1) is 18.7. The zero-order valence-corrected chi connectivity index (χ0v) is 15.8. The fourth-order valence-electron chi connectivity index (χ4n) is 3.11. The first-order chi connectivity index (χ1) is 12.5. The van der Waals surface area contributed by atoms with E-state index in [4.69, 9.17) is 20.9 Å².